The van der Waals surface area contributed by atoms with Crippen LogP contribution in [-0.2, 0) is 11.2 Å². The van der Waals surface area contributed by atoms with Crippen LogP contribution in [0.5, 0.6) is 0 Å². The molecular weight excluding hydrogens is 637 g/mol. The first-order valence-corrected chi connectivity index (χ1v) is 22.3. The van der Waals surface area contributed by atoms with Gasteiger partial charge in [0.15, 0.2) is 5.79 Å². The van der Waals surface area contributed by atoms with Crippen LogP contribution in [0.15, 0.2) is 73.1 Å². The zero-order chi connectivity index (χ0) is 37.1. The molecule has 1 fully saturated rings. The molecule has 4 heteroatoms. The van der Waals surface area contributed by atoms with Crippen molar-refractivity contribution in [3.8, 4) is 0 Å². The second-order valence-electron chi connectivity index (χ2n) is 15.5. The van der Waals surface area contributed by atoms with Crippen molar-refractivity contribution in [2.75, 3.05) is 19.6 Å². The summed E-state index contributed by atoms with van der Waals surface area (Å²) in [6, 6.07) is 4.23. The van der Waals surface area contributed by atoms with E-state index in [4.69, 9.17) is 4.74 Å². The van der Waals surface area contributed by atoms with Gasteiger partial charge in [-0.15, -0.1) is 0 Å². The van der Waals surface area contributed by atoms with Crippen LogP contribution < -0.4 is 0 Å². The number of pyridine rings is 1. The molecule has 0 saturated carbocycles. The Balaban J connectivity index is 1.62. The van der Waals surface area contributed by atoms with Crippen LogP contribution in [0.4, 0.5) is 0 Å². The molecule has 1 aliphatic heterocycles. The average Bonchev–Trinajstić information content (AvgIpc) is 3.60. The van der Waals surface area contributed by atoms with E-state index in [1.165, 1.54) is 134 Å². The fourth-order valence-corrected chi connectivity index (χ4v) is 7.27. The second kappa shape index (κ2) is 33.6. The van der Waals surface area contributed by atoms with Crippen LogP contribution in [0.25, 0.3) is 0 Å². The molecule has 0 aromatic carbocycles. The highest BCUT2D eigenvalue weighted by Gasteiger charge is 2.33. The van der Waals surface area contributed by atoms with E-state index in [1.54, 1.807) is 0 Å². The number of nitrogens with zero attached hydrogens (tertiary/aromatic N) is 2. The first kappa shape index (κ1) is 46.1. The molecule has 2 rings (SSSR count). The quantitative estimate of drug-likeness (QED) is 0.0431. The molecule has 0 amide bonds. The number of ether oxygens (including phenoxy) is 1. The fourth-order valence-electron chi connectivity index (χ4n) is 7.27. The van der Waals surface area contributed by atoms with Crippen molar-refractivity contribution >= 4 is 0 Å². The van der Waals surface area contributed by atoms with Crippen LogP contribution >= 0.6 is 0 Å². The van der Waals surface area contributed by atoms with Gasteiger partial charge in [0.1, 0.15) is 0 Å². The molecule has 0 bridgehead atoms. The summed E-state index contributed by atoms with van der Waals surface area (Å²) < 4.78 is 6.61. The highest BCUT2D eigenvalue weighted by molar-refractivity contribution is 5.10. The SMILES string of the molecule is CCCCC/C=C\C/C=C\CCCCCCCCC(O)(CCCCCCCC/C=C\C/C=C\CCCCC)OC1CCN(CCc2ccncc2)C1. The summed E-state index contributed by atoms with van der Waals surface area (Å²) in [6.07, 6.45) is 56.0. The molecule has 1 aromatic rings. The molecule has 2 heterocycles. The van der Waals surface area contributed by atoms with Gasteiger partial charge in [-0.05, 0) is 108 Å². The molecule has 1 unspecified atom stereocenters. The minimum atomic E-state index is -0.976. The molecule has 296 valence electrons. The fraction of sp³-hybridized carbons (Fsp3) is 0.729. The van der Waals surface area contributed by atoms with Gasteiger partial charge >= 0.3 is 0 Å². The molecule has 0 aliphatic carbocycles. The molecule has 1 saturated heterocycles. The first-order chi connectivity index (χ1) is 25.6. The monoisotopic (exact) mass is 719 g/mol. The van der Waals surface area contributed by atoms with Gasteiger partial charge in [-0.3, -0.25) is 4.98 Å². The number of allylic oxidation sites excluding steroid dienone is 8. The van der Waals surface area contributed by atoms with Gasteiger partial charge in [0.2, 0.25) is 0 Å². The average molecular weight is 719 g/mol. The van der Waals surface area contributed by atoms with Crippen molar-refractivity contribution < 1.29 is 9.84 Å². The van der Waals surface area contributed by atoms with Gasteiger partial charge in [-0.2, -0.15) is 0 Å². The summed E-state index contributed by atoms with van der Waals surface area (Å²) >= 11 is 0. The maximum Gasteiger partial charge on any atom is 0.165 e. The van der Waals surface area contributed by atoms with Crippen LogP contribution in [0.1, 0.15) is 193 Å². The first-order valence-electron chi connectivity index (χ1n) is 22.3. The van der Waals surface area contributed by atoms with Crippen molar-refractivity contribution in [2.45, 2.75) is 206 Å². The molecule has 1 aromatic heterocycles. The van der Waals surface area contributed by atoms with E-state index in [2.05, 4.69) is 84.5 Å². The van der Waals surface area contributed by atoms with Gasteiger partial charge in [0.25, 0.3) is 0 Å². The summed E-state index contributed by atoms with van der Waals surface area (Å²) in [4.78, 5) is 6.66. The molecule has 1 atom stereocenters. The third kappa shape index (κ3) is 26.7. The Morgan fingerprint density at radius 2 is 1.08 bits per heavy atom. The predicted molar refractivity (Wildman–Crippen MR) is 227 cm³/mol. The Labute approximate surface area is 322 Å². The summed E-state index contributed by atoms with van der Waals surface area (Å²) in [5.74, 6) is -0.976. The Bertz CT molecular complexity index is 984. The predicted octanol–water partition coefficient (Wildman–Crippen LogP) is 13.8. The maximum atomic E-state index is 11.8. The lowest BCUT2D eigenvalue weighted by atomic mass is 9.98. The molecule has 1 aliphatic rings. The number of hydrogen-bond acceptors (Lipinski definition) is 4. The lowest BCUT2D eigenvalue weighted by Gasteiger charge is -2.32. The minimum Gasteiger partial charge on any atom is -0.365 e. The van der Waals surface area contributed by atoms with Crippen LogP contribution in [0, 0.1) is 0 Å². The van der Waals surface area contributed by atoms with E-state index in [0.29, 0.717) is 0 Å². The van der Waals surface area contributed by atoms with Crippen molar-refractivity contribution in [3.05, 3.63) is 78.7 Å². The maximum absolute atomic E-state index is 11.8. The van der Waals surface area contributed by atoms with E-state index in [0.717, 1.165) is 71.0 Å². The molecular formula is C48H82N2O2. The van der Waals surface area contributed by atoms with Crippen molar-refractivity contribution in [1.82, 2.24) is 9.88 Å². The summed E-state index contributed by atoms with van der Waals surface area (Å²) in [5.41, 5.74) is 1.34. The number of aromatic nitrogens is 1. The zero-order valence-electron chi connectivity index (χ0n) is 34.2. The normalized spacial score (nSPS) is 15.9. The zero-order valence-corrected chi connectivity index (χ0v) is 34.2. The van der Waals surface area contributed by atoms with Crippen molar-refractivity contribution in [2.24, 2.45) is 0 Å². The standard InChI is InChI=1S/C48H82N2O2/c1-3-5-7-9-11-13-15-17-19-21-23-25-27-29-31-33-39-48(51,52-47-38-44-50(45-47)43-37-46-35-41-49-42-36-46)40-34-32-30-28-26-24-22-20-18-16-14-12-10-8-6-4-2/h11-14,17-20,35-36,41-42,47,51H,3-10,15-16,21-34,37-40,43-45H2,1-2H3/b13-11-,14-12-,19-17-,20-18-. The van der Waals surface area contributed by atoms with E-state index in [-0.39, 0.29) is 6.10 Å². The number of rotatable bonds is 35. The largest absolute Gasteiger partial charge is 0.365 e. The Morgan fingerprint density at radius 1 is 0.635 bits per heavy atom. The lowest BCUT2D eigenvalue weighted by molar-refractivity contribution is -0.236. The number of aliphatic hydroxyl groups is 1. The summed E-state index contributed by atoms with van der Waals surface area (Å²) in [6.45, 7) is 7.56. The van der Waals surface area contributed by atoms with Gasteiger partial charge in [-0.1, -0.05) is 140 Å². The highest BCUT2D eigenvalue weighted by atomic mass is 16.6. The number of unbranched alkanes of at least 4 members (excludes halogenated alkanes) is 18. The smallest absolute Gasteiger partial charge is 0.165 e. The third-order valence-electron chi connectivity index (χ3n) is 10.6. The van der Waals surface area contributed by atoms with Gasteiger partial charge in [0.05, 0.1) is 6.10 Å². The van der Waals surface area contributed by atoms with E-state index >= 15 is 0 Å². The topological polar surface area (TPSA) is 45.6 Å². The number of hydrogen-bond donors (Lipinski definition) is 1. The Morgan fingerprint density at radius 3 is 1.56 bits per heavy atom. The van der Waals surface area contributed by atoms with E-state index in [9.17, 15) is 5.11 Å². The van der Waals surface area contributed by atoms with Crippen molar-refractivity contribution in [1.29, 1.82) is 0 Å². The second-order valence-corrected chi connectivity index (χ2v) is 15.5. The lowest BCUT2D eigenvalue weighted by Crippen LogP contribution is -2.38. The van der Waals surface area contributed by atoms with Gasteiger partial charge in [-0.25, -0.2) is 0 Å². The molecule has 0 spiro atoms. The Hall–Kier alpha value is -2.01. The molecule has 52 heavy (non-hydrogen) atoms. The van der Waals surface area contributed by atoms with Crippen LogP contribution in [-0.4, -0.2) is 46.5 Å². The van der Waals surface area contributed by atoms with Crippen LogP contribution in [0.3, 0.4) is 0 Å². The van der Waals surface area contributed by atoms with E-state index < -0.39 is 5.79 Å². The van der Waals surface area contributed by atoms with E-state index in [1.807, 2.05) is 12.4 Å². The highest BCUT2D eigenvalue weighted by Crippen LogP contribution is 2.29. The van der Waals surface area contributed by atoms with Gasteiger partial charge < -0.3 is 14.7 Å². The summed E-state index contributed by atoms with van der Waals surface area (Å²) in [7, 11) is 0. The van der Waals surface area contributed by atoms with Gasteiger partial charge in [0, 0.05) is 44.9 Å². The molecule has 0 radical (unpaired) electrons. The molecule has 4 nitrogen and oxygen atoms in total. The molecule has 1 N–H and O–H groups in total. The Kier molecular flexibility index (Phi) is 29.8. The minimum absolute atomic E-state index is 0.136. The van der Waals surface area contributed by atoms with Crippen LogP contribution in [0.2, 0.25) is 0 Å². The number of likely N-dealkylation sites (tertiary alicyclic amines) is 1. The van der Waals surface area contributed by atoms with Crippen molar-refractivity contribution in [3.63, 3.8) is 0 Å². The third-order valence-corrected chi connectivity index (χ3v) is 10.6. The summed E-state index contributed by atoms with van der Waals surface area (Å²) in [5, 5.41) is 11.8.